The number of nitrogens with zero attached hydrogens (tertiary/aromatic N) is 1. The molecule has 0 aromatic carbocycles. The lowest BCUT2D eigenvalue weighted by Crippen LogP contribution is -2.36. The molecular formula is C17H29NO5. The summed E-state index contributed by atoms with van der Waals surface area (Å²) in [7, 11) is 0. The van der Waals surface area contributed by atoms with Crippen molar-refractivity contribution in [2.75, 3.05) is 46.1 Å². The molecule has 23 heavy (non-hydrogen) atoms. The van der Waals surface area contributed by atoms with Crippen LogP contribution >= 0.6 is 0 Å². The van der Waals surface area contributed by atoms with Gasteiger partial charge in [-0.05, 0) is 32.2 Å². The Morgan fingerprint density at radius 3 is 2.17 bits per heavy atom. The number of unbranched alkanes of at least 4 members (excludes halogenated alkanes) is 3. The van der Waals surface area contributed by atoms with Gasteiger partial charge in [0.25, 0.3) is 0 Å². The van der Waals surface area contributed by atoms with Gasteiger partial charge in [0.15, 0.2) is 0 Å². The lowest BCUT2D eigenvalue weighted by atomic mass is 10.2. The van der Waals surface area contributed by atoms with E-state index in [1.54, 1.807) is 0 Å². The highest BCUT2D eigenvalue weighted by atomic mass is 16.5. The topological polar surface area (TPSA) is 65.1 Å². The van der Waals surface area contributed by atoms with E-state index >= 15 is 0 Å². The Labute approximate surface area is 138 Å². The number of hydrogen-bond donors (Lipinski definition) is 0. The zero-order valence-corrected chi connectivity index (χ0v) is 14.1. The van der Waals surface area contributed by atoms with Crippen molar-refractivity contribution < 1.29 is 23.8 Å². The van der Waals surface area contributed by atoms with Crippen molar-refractivity contribution in [3.05, 3.63) is 12.2 Å². The lowest BCUT2D eigenvalue weighted by molar-refractivity contribution is -0.140. The smallest absolute Gasteiger partial charge is 0.331 e. The first-order valence-corrected chi connectivity index (χ1v) is 8.54. The highest BCUT2D eigenvalue weighted by Crippen LogP contribution is 2.02. The Hall–Kier alpha value is -1.40. The molecule has 0 aromatic rings. The van der Waals surface area contributed by atoms with E-state index in [1.165, 1.54) is 0 Å². The molecular weight excluding hydrogens is 298 g/mol. The van der Waals surface area contributed by atoms with Gasteiger partial charge in [0, 0.05) is 25.2 Å². The summed E-state index contributed by atoms with van der Waals surface area (Å²) in [5.74, 6) is -0.994. The quantitative estimate of drug-likeness (QED) is 0.328. The Morgan fingerprint density at radius 2 is 1.57 bits per heavy atom. The van der Waals surface area contributed by atoms with Gasteiger partial charge in [0.1, 0.15) is 0 Å². The second kappa shape index (κ2) is 13.1. The summed E-state index contributed by atoms with van der Waals surface area (Å²) in [6.07, 6.45) is 6.99. The normalized spacial score (nSPS) is 15.7. The third-order valence-corrected chi connectivity index (χ3v) is 3.56. The van der Waals surface area contributed by atoms with Crippen LogP contribution in [0.25, 0.3) is 0 Å². The average molecular weight is 327 g/mol. The van der Waals surface area contributed by atoms with Gasteiger partial charge in [-0.2, -0.15) is 0 Å². The van der Waals surface area contributed by atoms with E-state index in [1.807, 2.05) is 6.92 Å². The third kappa shape index (κ3) is 10.9. The van der Waals surface area contributed by atoms with E-state index in [9.17, 15) is 9.59 Å². The van der Waals surface area contributed by atoms with Gasteiger partial charge in [0.2, 0.25) is 0 Å². The number of carbonyl (C=O) groups excluding carboxylic acids is 2. The molecule has 1 aliphatic rings. The van der Waals surface area contributed by atoms with Crippen LogP contribution in [0.1, 0.15) is 39.0 Å². The van der Waals surface area contributed by atoms with E-state index in [4.69, 9.17) is 14.2 Å². The molecule has 0 aromatic heterocycles. The molecule has 0 unspecified atom stereocenters. The number of morpholine rings is 1. The highest BCUT2D eigenvalue weighted by Gasteiger charge is 2.09. The van der Waals surface area contributed by atoms with Crippen LogP contribution in [0.4, 0.5) is 0 Å². The Balaban J connectivity index is 1.95. The second-order valence-corrected chi connectivity index (χ2v) is 5.54. The molecule has 0 bridgehead atoms. The summed E-state index contributed by atoms with van der Waals surface area (Å²) in [6.45, 7) is 7.52. The number of carbonyl (C=O) groups is 2. The van der Waals surface area contributed by atoms with Crippen molar-refractivity contribution in [1.29, 1.82) is 0 Å². The van der Waals surface area contributed by atoms with Crippen LogP contribution in [0.3, 0.4) is 0 Å². The molecule has 1 heterocycles. The summed E-state index contributed by atoms with van der Waals surface area (Å²) in [6, 6.07) is 0. The molecule has 0 amide bonds. The van der Waals surface area contributed by atoms with Crippen molar-refractivity contribution in [2.24, 2.45) is 0 Å². The summed E-state index contributed by atoms with van der Waals surface area (Å²) in [4.78, 5) is 25.1. The fourth-order valence-electron chi connectivity index (χ4n) is 2.16. The molecule has 1 saturated heterocycles. The predicted molar refractivity (Wildman–Crippen MR) is 87.1 cm³/mol. The predicted octanol–water partition coefficient (Wildman–Crippen LogP) is 1.93. The molecule has 0 radical (unpaired) electrons. The SMILES string of the molecule is CCCCOC(=O)/C=C/C(=O)OCCCCCN1CCOCC1. The van der Waals surface area contributed by atoms with Crippen molar-refractivity contribution in [2.45, 2.75) is 39.0 Å². The first-order chi connectivity index (χ1) is 11.2. The number of ether oxygens (including phenoxy) is 3. The maximum absolute atomic E-state index is 11.4. The van der Waals surface area contributed by atoms with E-state index < -0.39 is 11.9 Å². The van der Waals surface area contributed by atoms with Crippen LogP contribution in [-0.2, 0) is 23.8 Å². The molecule has 0 spiro atoms. The van der Waals surface area contributed by atoms with Crippen LogP contribution < -0.4 is 0 Å². The van der Waals surface area contributed by atoms with Crippen molar-refractivity contribution in [3.8, 4) is 0 Å². The fraction of sp³-hybridized carbons (Fsp3) is 0.765. The third-order valence-electron chi connectivity index (χ3n) is 3.56. The molecule has 1 rings (SSSR count). The van der Waals surface area contributed by atoms with Crippen LogP contribution in [0.2, 0.25) is 0 Å². The Morgan fingerprint density at radius 1 is 0.957 bits per heavy atom. The summed E-state index contributed by atoms with van der Waals surface area (Å²) in [5.41, 5.74) is 0. The van der Waals surface area contributed by atoms with Gasteiger partial charge >= 0.3 is 11.9 Å². The molecule has 6 heteroatoms. The summed E-state index contributed by atoms with van der Waals surface area (Å²) in [5, 5.41) is 0. The largest absolute Gasteiger partial charge is 0.463 e. The van der Waals surface area contributed by atoms with E-state index in [0.717, 1.165) is 77.1 Å². The molecule has 0 saturated carbocycles. The Kier molecular flexibility index (Phi) is 11.2. The zero-order chi connectivity index (χ0) is 16.8. The van der Waals surface area contributed by atoms with Gasteiger partial charge in [-0.3, -0.25) is 4.90 Å². The minimum absolute atomic E-state index is 0.386. The molecule has 6 nitrogen and oxygen atoms in total. The number of hydrogen-bond acceptors (Lipinski definition) is 6. The number of esters is 2. The van der Waals surface area contributed by atoms with E-state index in [0.29, 0.717) is 13.2 Å². The maximum atomic E-state index is 11.4. The molecule has 0 N–H and O–H groups in total. The minimum atomic E-state index is -0.499. The van der Waals surface area contributed by atoms with Crippen molar-refractivity contribution >= 4 is 11.9 Å². The minimum Gasteiger partial charge on any atom is -0.463 e. The van der Waals surface area contributed by atoms with Crippen molar-refractivity contribution in [1.82, 2.24) is 4.90 Å². The average Bonchev–Trinajstić information content (AvgIpc) is 2.57. The van der Waals surface area contributed by atoms with Gasteiger partial charge in [-0.15, -0.1) is 0 Å². The first kappa shape index (κ1) is 19.6. The zero-order valence-electron chi connectivity index (χ0n) is 14.1. The Bertz CT molecular complexity index is 364. The van der Waals surface area contributed by atoms with Gasteiger partial charge in [-0.25, -0.2) is 9.59 Å². The second-order valence-electron chi connectivity index (χ2n) is 5.54. The van der Waals surface area contributed by atoms with Gasteiger partial charge in [0.05, 0.1) is 26.4 Å². The van der Waals surface area contributed by atoms with Crippen LogP contribution in [0.5, 0.6) is 0 Å². The first-order valence-electron chi connectivity index (χ1n) is 8.54. The van der Waals surface area contributed by atoms with E-state index in [-0.39, 0.29) is 0 Å². The van der Waals surface area contributed by atoms with Crippen LogP contribution in [0, 0.1) is 0 Å². The highest BCUT2D eigenvalue weighted by molar-refractivity contribution is 5.91. The lowest BCUT2D eigenvalue weighted by Gasteiger charge is -2.26. The van der Waals surface area contributed by atoms with Gasteiger partial charge in [-0.1, -0.05) is 13.3 Å². The molecule has 0 aliphatic carbocycles. The van der Waals surface area contributed by atoms with Crippen LogP contribution in [-0.4, -0.2) is 62.9 Å². The van der Waals surface area contributed by atoms with Crippen molar-refractivity contribution in [3.63, 3.8) is 0 Å². The molecule has 1 aliphatic heterocycles. The molecule has 0 atom stereocenters. The molecule has 1 fully saturated rings. The summed E-state index contributed by atoms with van der Waals surface area (Å²) >= 11 is 0. The number of rotatable bonds is 11. The standard InChI is InChI=1S/C17H29NO5/c1-2-3-12-22-16(19)7-8-17(20)23-13-6-4-5-9-18-10-14-21-15-11-18/h7-8H,2-6,9-15H2,1H3/b8-7+. The van der Waals surface area contributed by atoms with Crippen LogP contribution in [0.15, 0.2) is 12.2 Å². The maximum Gasteiger partial charge on any atom is 0.331 e. The monoisotopic (exact) mass is 327 g/mol. The van der Waals surface area contributed by atoms with Gasteiger partial charge < -0.3 is 14.2 Å². The molecule has 132 valence electrons. The fourth-order valence-corrected chi connectivity index (χ4v) is 2.16. The van der Waals surface area contributed by atoms with E-state index in [2.05, 4.69) is 4.90 Å². The summed E-state index contributed by atoms with van der Waals surface area (Å²) < 4.78 is 15.2.